The second-order valence-electron chi connectivity index (χ2n) is 6.92. The summed E-state index contributed by atoms with van der Waals surface area (Å²) in [5.74, 6) is -3.80. The number of methoxy groups -OCH3 is 1. The lowest BCUT2D eigenvalue weighted by atomic mass is 10.1. The molecule has 0 spiro atoms. The molecule has 0 saturated heterocycles. The van der Waals surface area contributed by atoms with Crippen LogP contribution in [0, 0.1) is 17.5 Å². The monoisotopic (exact) mass is 491 g/mol. The van der Waals surface area contributed by atoms with Crippen LogP contribution in [0.2, 0.25) is 0 Å². The first-order chi connectivity index (χ1) is 16.2. The first kappa shape index (κ1) is 23.0. The number of hydrogen-bond acceptors (Lipinski definition) is 7. The van der Waals surface area contributed by atoms with Crippen molar-refractivity contribution in [2.75, 3.05) is 29.1 Å². The molecule has 0 saturated carbocycles. The lowest BCUT2D eigenvalue weighted by molar-refractivity contribution is 0.101. The van der Waals surface area contributed by atoms with Crippen LogP contribution in [0.25, 0.3) is 0 Å². The van der Waals surface area contributed by atoms with Gasteiger partial charge in [-0.3, -0.25) is 9.52 Å². The zero-order valence-electron chi connectivity index (χ0n) is 17.4. The predicted molar refractivity (Wildman–Crippen MR) is 118 cm³/mol. The van der Waals surface area contributed by atoms with Crippen molar-refractivity contribution in [3.05, 3.63) is 77.2 Å². The molecule has 4 rings (SSSR count). The molecule has 0 bridgehead atoms. The molecular weight excluding hydrogens is 475 g/mol. The van der Waals surface area contributed by atoms with Gasteiger partial charge in [0.25, 0.3) is 15.9 Å². The SMILES string of the molecule is COC1=NCNc2ncc(NC(=O)c3c(F)ccc(NS(=O)(=O)c4ccc(F)cc4)c3F)cc21. The maximum atomic E-state index is 15.0. The normalized spacial score (nSPS) is 12.8. The average Bonchev–Trinajstić information content (AvgIpc) is 2.81. The number of halogens is 3. The molecule has 0 aliphatic carbocycles. The number of sulfonamides is 1. The Labute approximate surface area is 191 Å². The summed E-state index contributed by atoms with van der Waals surface area (Å²) in [5, 5.41) is 5.23. The van der Waals surface area contributed by atoms with E-state index in [1.807, 2.05) is 4.72 Å². The van der Waals surface area contributed by atoms with E-state index in [-0.39, 0.29) is 23.1 Å². The number of aromatic nitrogens is 1. The van der Waals surface area contributed by atoms with Crippen LogP contribution in [0.5, 0.6) is 0 Å². The van der Waals surface area contributed by atoms with Crippen LogP contribution >= 0.6 is 0 Å². The largest absolute Gasteiger partial charge is 0.481 e. The number of anilines is 3. The fourth-order valence-electron chi connectivity index (χ4n) is 3.13. The minimum absolute atomic E-state index is 0.0910. The second kappa shape index (κ2) is 9.02. The second-order valence-corrected chi connectivity index (χ2v) is 8.60. The number of benzene rings is 2. The van der Waals surface area contributed by atoms with Crippen molar-refractivity contribution in [2.24, 2.45) is 4.99 Å². The van der Waals surface area contributed by atoms with Gasteiger partial charge in [-0.05, 0) is 42.5 Å². The lowest BCUT2D eigenvalue weighted by Gasteiger charge is -2.17. The number of carbonyl (C=O) groups is 1. The quantitative estimate of drug-likeness (QED) is 0.504. The van der Waals surface area contributed by atoms with E-state index in [0.29, 0.717) is 11.4 Å². The Balaban J connectivity index is 1.62. The van der Waals surface area contributed by atoms with Crippen molar-refractivity contribution in [1.82, 2.24) is 4.98 Å². The molecule has 176 valence electrons. The highest BCUT2D eigenvalue weighted by atomic mass is 32.2. The summed E-state index contributed by atoms with van der Waals surface area (Å²) < 4.78 is 74.6. The van der Waals surface area contributed by atoms with Crippen LogP contribution in [0.4, 0.5) is 30.4 Å². The summed E-state index contributed by atoms with van der Waals surface area (Å²) in [4.78, 5) is 20.5. The molecule has 1 aliphatic rings. The van der Waals surface area contributed by atoms with Gasteiger partial charge in [-0.2, -0.15) is 0 Å². The lowest BCUT2D eigenvalue weighted by Crippen LogP contribution is -2.21. The van der Waals surface area contributed by atoms with Crippen LogP contribution in [0.15, 0.2) is 58.5 Å². The van der Waals surface area contributed by atoms with Gasteiger partial charge < -0.3 is 15.4 Å². The van der Waals surface area contributed by atoms with Gasteiger partial charge in [0.1, 0.15) is 29.7 Å². The minimum Gasteiger partial charge on any atom is -0.481 e. The Kier molecular flexibility index (Phi) is 6.11. The molecule has 1 aromatic heterocycles. The summed E-state index contributed by atoms with van der Waals surface area (Å²) in [7, 11) is -2.94. The van der Waals surface area contributed by atoms with Gasteiger partial charge >= 0.3 is 0 Å². The first-order valence-electron chi connectivity index (χ1n) is 9.60. The van der Waals surface area contributed by atoms with Crippen LogP contribution in [-0.2, 0) is 14.8 Å². The Bertz CT molecular complexity index is 1410. The number of carbonyl (C=O) groups excluding carboxylic acids is 1. The van der Waals surface area contributed by atoms with Crippen LogP contribution in [0.1, 0.15) is 15.9 Å². The Morgan fingerprint density at radius 2 is 1.85 bits per heavy atom. The van der Waals surface area contributed by atoms with E-state index >= 15 is 4.39 Å². The number of amides is 1. The number of nitrogens with one attached hydrogen (secondary N) is 3. The molecule has 2 aromatic carbocycles. The number of pyridine rings is 1. The minimum atomic E-state index is -4.34. The third-order valence-corrected chi connectivity index (χ3v) is 6.11. The first-order valence-corrected chi connectivity index (χ1v) is 11.1. The molecule has 0 radical (unpaired) electrons. The van der Waals surface area contributed by atoms with Crippen molar-refractivity contribution in [1.29, 1.82) is 0 Å². The number of aliphatic imine (C=N–C) groups is 1. The number of nitrogens with zero attached hydrogens (tertiary/aromatic N) is 2. The number of fused-ring (bicyclic) bond motifs is 1. The van der Waals surface area contributed by atoms with Crippen molar-refractivity contribution < 1.29 is 31.1 Å². The molecule has 1 amide bonds. The van der Waals surface area contributed by atoms with Gasteiger partial charge in [-0.15, -0.1) is 0 Å². The van der Waals surface area contributed by atoms with Gasteiger partial charge in [0.15, 0.2) is 5.82 Å². The van der Waals surface area contributed by atoms with E-state index in [1.165, 1.54) is 19.4 Å². The van der Waals surface area contributed by atoms with E-state index in [1.54, 1.807) is 0 Å². The van der Waals surface area contributed by atoms with E-state index in [4.69, 9.17) is 4.74 Å². The smallest absolute Gasteiger partial charge is 0.261 e. The molecule has 0 atom stereocenters. The van der Waals surface area contributed by atoms with Gasteiger partial charge in [0.05, 0.1) is 35.1 Å². The summed E-state index contributed by atoms with van der Waals surface area (Å²) in [6, 6.07) is 6.80. The molecule has 3 aromatic rings. The number of rotatable bonds is 5. The molecule has 1 aliphatic heterocycles. The van der Waals surface area contributed by atoms with Gasteiger partial charge in [0, 0.05) is 0 Å². The molecule has 9 nitrogen and oxygen atoms in total. The Morgan fingerprint density at radius 1 is 1.12 bits per heavy atom. The Hall–Kier alpha value is -4.13. The van der Waals surface area contributed by atoms with E-state index in [0.717, 1.165) is 36.4 Å². The van der Waals surface area contributed by atoms with Gasteiger partial charge in [0.2, 0.25) is 5.90 Å². The zero-order chi connectivity index (χ0) is 24.5. The summed E-state index contributed by atoms with van der Waals surface area (Å²) in [6.07, 6.45) is 1.26. The van der Waals surface area contributed by atoms with Gasteiger partial charge in [-0.25, -0.2) is 31.6 Å². The topological polar surface area (TPSA) is 122 Å². The number of hydrogen-bond donors (Lipinski definition) is 3. The van der Waals surface area contributed by atoms with E-state index < -0.39 is 44.6 Å². The predicted octanol–water partition coefficient (Wildman–Crippen LogP) is 3.33. The molecule has 0 unspecified atom stereocenters. The van der Waals surface area contributed by atoms with Crippen molar-refractivity contribution in [3.8, 4) is 0 Å². The average molecular weight is 491 g/mol. The fourth-order valence-corrected chi connectivity index (χ4v) is 4.19. The van der Waals surface area contributed by atoms with Crippen molar-refractivity contribution in [2.45, 2.75) is 4.90 Å². The summed E-state index contributed by atoms with van der Waals surface area (Å²) >= 11 is 0. The Morgan fingerprint density at radius 3 is 2.56 bits per heavy atom. The highest BCUT2D eigenvalue weighted by molar-refractivity contribution is 7.92. The molecule has 0 fully saturated rings. The van der Waals surface area contributed by atoms with E-state index in [2.05, 4.69) is 20.6 Å². The fraction of sp³-hybridized carbons (Fsp3) is 0.0952. The van der Waals surface area contributed by atoms with Crippen LogP contribution in [0.3, 0.4) is 0 Å². The highest BCUT2D eigenvalue weighted by Gasteiger charge is 2.25. The van der Waals surface area contributed by atoms with Crippen LogP contribution in [-0.4, -0.2) is 39.0 Å². The third-order valence-electron chi connectivity index (χ3n) is 4.72. The zero-order valence-corrected chi connectivity index (χ0v) is 18.2. The standard InChI is InChI=1S/C21H16F3N5O4S/c1-33-21-14-8-12(9-25-19(14)26-10-27-21)28-20(30)17-15(23)6-7-16(18(17)24)29-34(31,32)13-4-2-11(22)3-5-13/h2-9,29H,10H2,1H3,(H,25,26)(H,28,30). The summed E-state index contributed by atoms with van der Waals surface area (Å²) in [5.41, 5.74) is -1.17. The molecule has 13 heteroatoms. The number of ether oxygens (including phenoxy) is 1. The van der Waals surface area contributed by atoms with E-state index in [9.17, 15) is 22.0 Å². The maximum Gasteiger partial charge on any atom is 0.261 e. The molecular formula is C21H16F3N5O4S. The van der Waals surface area contributed by atoms with Gasteiger partial charge in [-0.1, -0.05) is 0 Å². The van der Waals surface area contributed by atoms with Crippen molar-refractivity contribution >= 4 is 39.0 Å². The highest BCUT2D eigenvalue weighted by Crippen LogP contribution is 2.26. The molecule has 2 heterocycles. The maximum absolute atomic E-state index is 15.0. The van der Waals surface area contributed by atoms with Crippen LogP contribution < -0.4 is 15.4 Å². The third kappa shape index (κ3) is 4.50. The summed E-state index contributed by atoms with van der Waals surface area (Å²) in [6.45, 7) is 0.242. The van der Waals surface area contributed by atoms with Crippen molar-refractivity contribution in [3.63, 3.8) is 0 Å². The molecule has 34 heavy (non-hydrogen) atoms. The molecule has 3 N–H and O–H groups in total.